The number of nitrogens with one attached hydrogen (secondary N) is 2. The van der Waals surface area contributed by atoms with E-state index in [-0.39, 0.29) is 24.6 Å². The number of nitrogens with zero attached hydrogens (tertiary/aromatic N) is 1. The molecular weight excluding hydrogens is 498 g/mol. The van der Waals surface area contributed by atoms with Gasteiger partial charge in [0, 0.05) is 31.5 Å². The molecule has 0 aliphatic carbocycles. The van der Waals surface area contributed by atoms with Gasteiger partial charge in [-0.25, -0.2) is 4.39 Å². The molecule has 1 spiro atoms. The Hall–Kier alpha value is -3.72. The summed E-state index contributed by atoms with van der Waals surface area (Å²) in [6.45, 7) is 0.503. The standard InChI is InChI=1S/C29H27F4N3O2/c30-24-17-22(11-12-23(24)29(31,32)33)25(37)36-15-13-28(14-16-36)34-26(38)27(35-28,18-20-7-3-1-4-8-20)19-21-9-5-2-6-10-21/h1-12,17,35H,13-16,18-19H2,(H,34,38). The highest BCUT2D eigenvalue weighted by Crippen LogP contribution is 2.35. The fourth-order valence-corrected chi connectivity index (χ4v) is 5.49. The molecule has 0 saturated carbocycles. The fourth-order valence-electron chi connectivity index (χ4n) is 5.49. The van der Waals surface area contributed by atoms with E-state index in [2.05, 4.69) is 10.6 Å². The second kappa shape index (κ2) is 9.87. The van der Waals surface area contributed by atoms with E-state index >= 15 is 0 Å². The quantitative estimate of drug-likeness (QED) is 0.474. The Kier molecular flexibility index (Phi) is 6.73. The molecule has 0 aromatic heterocycles. The first-order valence-electron chi connectivity index (χ1n) is 12.5. The lowest BCUT2D eigenvalue weighted by atomic mass is 9.84. The first kappa shape index (κ1) is 25.9. The third-order valence-electron chi connectivity index (χ3n) is 7.39. The Bertz CT molecular complexity index is 1280. The fraction of sp³-hybridized carbons (Fsp3) is 0.310. The van der Waals surface area contributed by atoms with E-state index in [9.17, 15) is 27.2 Å². The topological polar surface area (TPSA) is 61.4 Å². The van der Waals surface area contributed by atoms with Crippen LogP contribution in [0.1, 0.15) is 39.9 Å². The van der Waals surface area contributed by atoms with Crippen molar-refractivity contribution < 1.29 is 27.2 Å². The average Bonchev–Trinajstić information content (AvgIpc) is 3.14. The highest BCUT2D eigenvalue weighted by molar-refractivity contribution is 5.94. The van der Waals surface area contributed by atoms with Crippen molar-refractivity contribution in [3.8, 4) is 0 Å². The molecule has 5 rings (SSSR count). The van der Waals surface area contributed by atoms with E-state index in [4.69, 9.17) is 0 Å². The minimum absolute atomic E-state index is 0.116. The van der Waals surface area contributed by atoms with Crippen molar-refractivity contribution in [1.29, 1.82) is 0 Å². The molecule has 9 heteroatoms. The molecule has 2 saturated heterocycles. The molecule has 2 amide bonds. The van der Waals surface area contributed by atoms with E-state index in [1.54, 1.807) is 0 Å². The minimum Gasteiger partial charge on any atom is -0.338 e. The van der Waals surface area contributed by atoms with Crippen LogP contribution in [0.15, 0.2) is 78.9 Å². The van der Waals surface area contributed by atoms with Gasteiger partial charge in [-0.1, -0.05) is 60.7 Å². The third kappa shape index (κ3) is 5.15. The lowest BCUT2D eigenvalue weighted by Crippen LogP contribution is -2.60. The van der Waals surface area contributed by atoms with Crippen molar-refractivity contribution in [3.05, 3.63) is 107 Å². The zero-order valence-corrected chi connectivity index (χ0v) is 20.5. The molecule has 0 radical (unpaired) electrons. The Morgan fingerprint density at radius 2 is 1.42 bits per heavy atom. The predicted molar refractivity (Wildman–Crippen MR) is 134 cm³/mol. The number of piperidine rings is 1. The van der Waals surface area contributed by atoms with Gasteiger partial charge in [-0.2, -0.15) is 13.2 Å². The molecule has 2 N–H and O–H groups in total. The molecule has 38 heavy (non-hydrogen) atoms. The van der Waals surface area contributed by atoms with Crippen LogP contribution in [0.4, 0.5) is 17.6 Å². The van der Waals surface area contributed by atoms with Gasteiger partial charge in [0.15, 0.2) is 0 Å². The van der Waals surface area contributed by atoms with E-state index < -0.39 is 34.7 Å². The molecule has 2 fully saturated rings. The zero-order chi connectivity index (χ0) is 27.0. The van der Waals surface area contributed by atoms with Gasteiger partial charge >= 0.3 is 6.18 Å². The van der Waals surface area contributed by atoms with Crippen LogP contribution in [0.5, 0.6) is 0 Å². The van der Waals surface area contributed by atoms with Gasteiger partial charge < -0.3 is 10.2 Å². The van der Waals surface area contributed by atoms with Gasteiger partial charge in [0.1, 0.15) is 11.4 Å². The molecule has 2 heterocycles. The second-order valence-electron chi connectivity index (χ2n) is 10.1. The van der Waals surface area contributed by atoms with E-state index in [1.807, 2.05) is 60.7 Å². The number of alkyl halides is 3. The number of benzene rings is 3. The summed E-state index contributed by atoms with van der Waals surface area (Å²) in [6, 6.07) is 21.7. The molecule has 0 bridgehead atoms. The van der Waals surface area contributed by atoms with Gasteiger partial charge in [0.2, 0.25) is 5.91 Å². The maximum atomic E-state index is 14.1. The van der Waals surface area contributed by atoms with Gasteiger partial charge in [0.05, 0.1) is 11.2 Å². The lowest BCUT2D eigenvalue weighted by molar-refractivity contribution is -0.140. The van der Waals surface area contributed by atoms with Gasteiger partial charge in [0.25, 0.3) is 5.91 Å². The summed E-state index contributed by atoms with van der Waals surface area (Å²) in [5, 5.41) is 6.78. The molecule has 0 unspecified atom stereocenters. The zero-order valence-electron chi connectivity index (χ0n) is 20.5. The normalized spacial score (nSPS) is 18.4. The van der Waals surface area contributed by atoms with Gasteiger partial charge in [-0.05, 0) is 42.2 Å². The molecule has 198 valence electrons. The molecular formula is C29H27F4N3O2. The van der Waals surface area contributed by atoms with Crippen molar-refractivity contribution in [3.63, 3.8) is 0 Å². The van der Waals surface area contributed by atoms with Crippen molar-refractivity contribution in [1.82, 2.24) is 15.5 Å². The van der Waals surface area contributed by atoms with Crippen molar-refractivity contribution in [2.45, 2.75) is 43.1 Å². The molecule has 5 nitrogen and oxygen atoms in total. The second-order valence-corrected chi connectivity index (χ2v) is 10.1. The van der Waals surface area contributed by atoms with Crippen LogP contribution in [0.25, 0.3) is 0 Å². The lowest BCUT2D eigenvalue weighted by Gasteiger charge is -2.41. The Morgan fingerprint density at radius 1 is 0.868 bits per heavy atom. The Labute approximate surface area is 217 Å². The number of carbonyl (C=O) groups excluding carboxylic acids is 2. The third-order valence-corrected chi connectivity index (χ3v) is 7.39. The summed E-state index contributed by atoms with van der Waals surface area (Å²) in [5.74, 6) is -2.14. The van der Waals surface area contributed by atoms with Crippen molar-refractivity contribution in [2.24, 2.45) is 0 Å². The van der Waals surface area contributed by atoms with E-state index in [0.717, 1.165) is 17.2 Å². The summed E-state index contributed by atoms with van der Waals surface area (Å²) in [5.41, 5.74) is -1.15. The van der Waals surface area contributed by atoms with E-state index in [1.165, 1.54) is 4.90 Å². The molecule has 2 aliphatic rings. The first-order valence-corrected chi connectivity index (χ1v) is 12.5. The molecule has 3 aromatic rings. The number of halogens is 4. The van der Waals surface area contributed by atoms with Crippen LogP contribution >= 0.6 is 0 Å². The molecule has 0 atom stereocenters. The smallest absolute Gasteiger partial charge is 0.338 e. The largest absolute Gasteiger partial charge is 0.419 e. The van der Waals surface area contributed by atoms with Crippen LogP contribution in [-0.2, 0) is 23.8 Å². The predicted octanol–water partition coefficient (Wildman–Crippen LogP) is 4.72. The first-order chi connectivity index (χ1) is 18.1. The highest BCUT2D eigenvalue weighted by atomic mass is 19.4. The molecule has 2 aliphatic heterocycles. The summed E-state index contributed by atoms with van der Waals surface area (Å²) in [7, 11) is 0. The van der Waals surface area contributed by atoms with Crippen LogP contribution in [-0.4, -0.2) is 41.0 Å². The Morgan fingerprint density at radius 3 is 1.92 bits per heavy atom. The van der Waals surface area contributed by atoms with Crippen molar-refractivity contribution in [2.75, 3.05) is 13.1 Å². The number of likely N-dealkylation sites (tertiary alicyclic amines) is 1. The van der Waals surface area contributed by atoms with Crippen LogP contribution in [0.2, 0.25) is 0 Å². The van der Waals surface area contributed by atoms with Crippen LogP contribution < -0.4 is 10.6 Å². The SMILES string of the molecule is O=C(c1ccc(C(F)(F)F)c(F)c1)N1CCC2(CC1)NC(=O)C(Cc1ccccc1)(Cc1ccccc1)N2. The average molecular weight is 526 g/mol. The summed E-state index contributed by atoms with van der Waals surface area (Å²) >= 11 is 0. The van der Waals surface area contributed by atoms with Gasteiger partial charge in [-0.3, -0.25) is 14.9 Å². The number of rotatable bonds is 5. The highest BCUT2D eigenvalue weighted by Gasteiger charge is 2.54. The van der Waals surface area contributed by atoms with Gasteiger partial charge in [-0.15, -0.1) is 0 Å². The van der Waals surface area contributed by atoms with Crippen LogP contribution in [0.3, 0.4) is 0 Å². The summed E-state index contributed by atoms with van der Waals surface area (Å²) < 4.78 is 52.7. The maximum absolute atomic E-state index is 14.1. The summed E-state index contributed by atoms with van der Waals surface area (Å²) in [4.78, 5) is 28.0. The van der Waals surface area contributed by atoms with Crippen LogP contribution in [0, 0.1) is 5.82 Å². The minimum atomic E-state index is -4.83. The number of hydrogen-bond acceptors (Lipinski definition) is 3. The molecule has 3 aromatic carbocycles. The maximum Gasteiger partial charge on any atom is 0.419 e. The van der Waals surface area contributed by atoms with Crippen molar-refractivity contribution >= 4 is 11.8 Å². The van der Waals surface area contributed by atoms with E-state index in [0.29, 0.717) is 37.8 Å². The number of hydrogen-bond donors (Lipinski definition) is 2. The number of amides is 2. The monoisotopic (exact) mass is 525 g/mol. The summed E-state index contributed by atoms with van der Waals surface area (Å²) in [6.07, 6.45) is -3.08. The number of carbonyl (C=O) groups is 2. The Balaban J connectivity index is 1.33.